The summed E-state index contributed by atoms with van der Waals surface area (Å²) in [4.78, 5) is 25.2. The van der Waals surface area contributed by atoms with Crippen molar-refractivity contribution in [1.82, 2.24) is 4.90 Å². The van der Waals surface area contributed by atoms with Crippen LogP contribution in [0.15, 0.2) is 24.3 Å². The SMILES string of the molecule is COc1cccc(CCC(=O)N2CC(C)CC(C(=O)O)C2)c1. The van der Waals surface area contributed by atoms with E-state index in [1.54, 1.807) is 12.0 Å². The summed E-state index contributed by atoms with van der Waals surface area (Å²) in [5.41, 5.74) is 1.05. The van der Waals surface area contributed by atoms with Gasteiger partial charge in [0, 0.05) is 19.5 Å². The molecule has 22 heavy (non-hydrogen) atoms. The zero-order valence-corrected chi connectivity index (χ0v) is 13.1. The monoisotopic (exact) mass is 305 g/mol. The first-order valence-corrected chi connectivity index (χ1v) is 7.63. The van der Waals surface area contributed by atoms with Crippen molar-refractivity contribution in [3.8, 4) is 5.75 Å². The van der Waals surface area contributed by atoms with Crippen LogP contribution >= 0.6 is 0 Å². The average Bonchev–Trinajstić information content (AvgIpc) is 2.52. The first-order chi connectivity index (χ1) is 10.5. The van der Waals surface area contributed by atoms with Gasteiger partial charge in [0.25, 0.3) is 0 Å². The second-order valence-electron chi connectivity index (χ2n) is 6.03. The molecule has 1 amide bonds. The molecule has 5 heteroatoms. The van der Waals surface area contributed by atoms with Gasteiger partial charge < -0.3 is 14.7 Å². The molecule has 0 spiro atoms. The normalized spacial score (nSPS) is 21.5. The molecular formula is C17H23NO4. The zero-order chi connectivity index (χ0) is 16.1. The predicted octanol–water partition coefficient (Wildman–Crippen LogP) is 2.20. The van der Waals surface area contributed by atoms with Gasteiger partial charge in [-0.2, -0.15) is 0 Å². The van der Waals surface area contributed by atoms with Crippen LogP contribution in [0, 0.1) is 11.8 Å². The van der Waals surface area contributed by atoms with Gasteiger partial charge in [-0.05, 0) is 36.5 Å². The molecule has 1 aromatic carbocycles. The number of aliphatic carboxylic acids is 1. The molecular weight excluding hydrogens is 282 g/mol. The smallest absolute Gasteiger partial charge is 0.308 e. The lowest BCUT2D eigenvalue weighted by atomic mass is 9.90. The highest BCUT2D eigenvalue weighted by Gasteiger charge is 2.31. The van der Waals surface area contributed by atoms with Crippen LogP contribution < -0.4 is 4.74 Å². The molecule has 0 aliphatic carbocycles. The first-order valence-electron chi connectivity index (χ1n) is 7.63. The largest absolute Gasteiger partial charge is 0.497 e. The van der Waals surface area contributed by atoms with Crippen LogP contribution in [0.2, 0.25) is 0 Å². The van der Waals surface area contributed by atoms with Gasteiger partial charge in [0.1, 0.15) is 5.75 Å². The third kappa shape index (κ3) is 4.23. The van der Waals surface area contributed by atoms with E-state index in [2.05, 4.69) is 0 Å². The summed E-state index contributed by atoms with van der Waals surface area (Å²) in [7, 11) is 1.62. The minimum absolute atomic E-state index is 0.0284. The van der Waals surface area contributed by atoms with Crippen molar-refractivity contribution in [2.45, 2.75) is 26.2 Å². The second-order valence-corrected chi connectivity index (χ2v) is 6.03. The maximum absolute atomic E-state index is 12.3. The van der Waals surface area contributed by atoms with E-state index < -0.39 is 11.9 Å². The number of benzene rings is 1. The summed E-state index contributed by atoms with van der Waals surface area (Å²) < 4.78 is 5.17. The molecule has 5 nitrogen and oxygen atoms in total. The average molecular weight is 305 g/mol. The van der Waals surface area contributed by atoms with Gasteiger partial charge in [-0.25, -0.2) is 0 Å². The molecule has 0 saturated carbocycles. The number of aryl methyl sites for hydroxylation is 1. The Bertz CT molecular complexity index is 543. The third-order valence-corrected chi connectivity index (χ3v) is 4.12. The maximum Gasteiger partial charge on any atom is 0.308 e. The van der Waals surface area contributed by atoms with Crippen molar-refractivity contribution in [2.24, 2.45) is 11.8 Å². The van der Waals surface area contributed by atoms with Gasteiger partial charge in [0.05, 0.1) is 13.0 Å². The van der Waals surface area contributed by atoms with E-state index in [0.29, 0.717) is 32.4 Å². The van der Waals surface area contributed by atoms with Crippen molar-refractivity contribution in [3.63, 3.8) is 0 Å². The summed E-state index contributed by atoms with van der Waals surface area (Å²) in [6.45, 7) is 2.98. The quantitative estimate of drug-likeness (QED) is 0.905. The summed E-state index contributed by atoms with van der Waals surface area (Å²) in [5, 5.41) is 9.17. The number of carboxylic acids is 1. The molecule has 1 N–H and O–H groups in total. The number of likely N-dealkylation sites (tertiary alicyclic amines) is 1. The molecule has 1 aromatic rings. The maximum atomic E-state index is 12.3. The molecule has 1 saturated heterocycles. The molecule has 120 valence electrons. The van der Waals surface area contributed by atoms with E-state index in [1.807, 2.05) is 31.2 Å². The summed E-state index contributed by atoms with van der Waals surface area (Å²) in [6.07, 6.45) is 1.68. The second kappa shape index (κ2) is 7.29. The van der Waals surface area contributed by atoms with Crippen LogP contribution in [0.4, 0.5) is 0 Å². The highest BCUT2D eigenvalue weighted by atomic mass is 16.5. The van der Waals surface area contributed by atoms with Crippen LogP contribution in [0.5, 0.6) is 5.75 Å². The minimum atomic E-state index is -0.808. The predicted molar refractivity (Wildman–Crippen MR) is 82.8 cm³/mol. The number of rotatable bonds is 5. The molecule has 1 aliphatic rings. The topological polar surface area (TPSA) is 66.8 Å². The fourth-order valence-electron chi connectivity index (χ4n) is 2.97. The first kappa shape index (κ1) is 16.3. The summed E-state index contributed by atoms with van der Waals surface area (Å²) in [5.74, 6) is -0.208. The number of carbonyl (C=O) groups excluding carboxylic acids is 1. The lowest BCUT2D eigenvalue weighted by Crippen LogP contribution is -2.45. The molecule has 2 rings (SSSR count). The number of hydrogen-bond donors (Lipinski definition) is 1. The van der Waals surface area contributed by atoms with E-state index in [-0.39, 0.29) is 11.8 Å². The Morgan fingerprint density at radius 1 is 1.36 bits per heavy atom. The van der Waals surface area contributed by atoms with Crippen LogP contribution in [0.3, 0.4) is 0 Å². The van der Waals surface area contributed by atoms with Crippen LogP contribution in [-0.4, -0.2) is 42.1 Å². The molecule has 0 radical (unpaired) electrons. The number of carbonyl (C=O) groups is 2. The number of methoxy groups -OCH3 is 1. The Morgan fingerprint density at radius 3 is 2.82 bits per heavy atom. The highest BCUT2D eigenvalue weighted by molar-refractivity contribution is 5.78. The lowest BCUT2D eigenvalue weighted by Gasteiger charge is -2.34. The summed E-state index contributed by atoms with van der Waals surface area (Å²) >= 11 is 0. The third-order valence-electron chi connectivity index (χ3n) is 4.12. The van der Waals surface area contributed by atoms with Crippen LogP contribution in [-0.2, 0) is 16.0 Å². The van der Waals surface area contributed by atoms with Crippen molar-refractivity contribution in [2.75, 3.05) is 20.2 Å². The Kier molecular flexibility index (Phi) is 5.41. The number of amides is 1. The Morgan fingerprint density at radius 2 is 2.14 bits per heavy atom. The van der Waals surface area contributed by atoms with E-state index in [4.69, 9.17) is 9.84 Å². The van der Waals surface area contributed by atoms with Crippen molar-refractivity contribution < 1.29 is 19.4 Å². The molecule has 1 fully saturated rings. The number of piperidine rings is 1. The minimum Gasteiger partial charge on any atom is -0.497 e. The van der Waals surface area contributed by atoms with Gasteiger partial charge in [-0.15, -0.1) is 0 Å². The molecule has 0 bridgehead atoms. The van der Waals surface area contributed by atoms with Crippen molar-refractivity contribution in [1.29, 1.82) is 0 Å². The molecule has 2 atom stereocenters. The highest BCUT2D eigenvalue weighted by Crippen LogP contribution is 2.23. The van der Waals surface area contributed by atoms with E-state index >= 15 is 0 Å². The van der Waals surface area contributed by atoms with Crippen LogP contribution in [0.1, 0.15) is 25.3 Å². The van der Waals surface area contributed by atoms with Crippen LogP contribution in [0.25, 0.3) is 0 Å². The molecule has 2 unspecified atom stereocenters. The number of carboxylic acid groups (broad SMARTS) is 1. The van der Waals surface area contributed by atoms with Gasteiger partial charge >= 0.3 is 5.97 Å². The summed E-state index contributed by atoms with van der Waals surface area (Å²) in [6, 6.07) is 7.66. The molecule has 1 heterocycles. The lowest BCUT2D eigenvalue weighted by molar-refractivity contribution is -0.146. The Hall–Kier alpha value is -2.04. The standard InChI is InChI=1S/C17H23NO4/c1-12-8-14(17(20)21)11-18(10-12)16(19)7-6-13-4-3-5-15(9-13)22-2/h3-5,9,12,14H,6-8,10-11H2,1-2H3,(H,20,21). The van der Waals surface area contributed by atoms with Gasteiger partial charge in [-0.3, -0.25) is 9.59 Å². The molecule has 1 aliphatic heterocycles. The number of ether oxygens (including phenoxy) is 1. The van der Waals surface area contributed by atoms with E-state index in [1.165, 1.54) is 0 Å². The zero-order valence-electron chi connectivity index (χ0n) is 13.1. The van der Waals surface area contributed by atoms with Crippen molar-refractivity contribution in [3.05, 3.63) is 29.8 Å². The fourth-order valence-corrected chi connectivity index (χ4v) is 2.97. The number of nitrogens with zero attached hydrogens (tertiary/aromatic N) is 1. The van der Waals surface area contributed by atoms with Gasteiger partial charge in [0.15, 0.2) is 0 Å². The number of hydrogen-bond acceptors (Lipinski definition) is 3. The Labute approximate surface area is 130 Å². The molecule has 0 aromatic heterocycles. The van der Waals surface area contributed by atoms with E-state index in [9.17, 15) is 9.59 Å². The Balaban J connectivity index is 1.92. The van der Waals surface area contributed by atoms with Gasteiger partial charge in [-0.1, -0.05) is 19.1 Å². The van der Waals surface area contributed by atoms with E-state index in [0.717, 1.165) is 11.3 Å². The fraction of sp³-hybridized carbons (Fsp3) is 0.529. The van der Waals surface area contributed by atoms with Crippen molar-refractivity contribution >= 4 is 11.9 Å². The van der Waals surface area contributed by atoms with Gasteiger partial charge in [0.2, 0.25) is 5.91 Å².